The molecule has 1 aliphatic heterocycles. The van der Waals surface area contributed by atoms with E-state index in [1.807, 2.05) is 6.92 Å². The van der Waals surface area contributed by atoms with Crippen molar-refractivity contribution in [3.63, 3.8) is 0 Å². The molecule has 1 saturated heterocycles. The summed E-state index contributed by atoms with van der Waals surface area (Å²) in [6, 6.07) is 3.07. The number of rotatable bonds is 6. The van der Waals surface area contributed by atoms with Gasteiger partial charge >= 0.3 is 0 Å². The van der Waals surface area contributed by atoms with Crippen LogP contribution in [0.4, 0.5) is 10.8 Å². The summed E-state index contributed by atoms with van der Waals surface area (Å²) in [5, 5.41) is 5.18. The van der Waals surface area contributed by atoms with E-state index in [4.69, 9.17) is 0 Å². The van der Waals surface area contributed by atoms with Crippen molar-refractivity contribution < 1.29 is 18.0 Å². The van der Waals surface area contributed by atoms with Crippen molar-refractivity contribution in [3.05, 3.63) is 34.3 Å². The molecule has 3 rings (SSSR count). The number of benzene rings is 1. The average Bonchev–Trinajstić information content (AvgIpc) is 3.27. The monoisotopic (exact) mass is 436 g/mol. The third kappa shape index (κ3) is 4.49. The van der Waals surface area contributed by atoms with E-state index < -0.39 is 10.0 Å². The fraction of sp³-hybridized carbons (Fsp3) is 0.421. The molecule has 1 N–H and O–H groups in total. The summed E-state index contributed by atoms with van der Waals surface area (Å²) in [5.41, 5.74) is 2.61. The number of anilines is 2. The van der Waals surface area contributed by atoms with Gasteiger partial charge in [-0.1, -0.05) is 0 Å². The Hall–Kier alpha value is -2.30. The molecule has 2 heterocycles. The Labute approximate surface area is 174 Å². The molecule has 0 spiro atoms. The SMILES string of the molecule is Cc1cc(S(=O)(=O)N(C)C)cc(NC(=O)Cc2csc(N3CCCC3=O)n2)c1C. The van der Waals surface area contributed by atoms with Gasteiger partial charge < -0.3 is 5.32 Å². The van der Waals surface area contributed by atoms with Crippen molar-refractivity contribution in [2.24, 2.45) is 0 Å². The van der Waals surface area contributed by atoms with Crippen molar-refractivity contribution in [2.45, 2.75) is 38.0 Å². The van der Waals surface area contributed by atoms with E-state index >= 15 is 0 Å². The van der Waals surface area contributed by atoms with Crippen molar-refractivity contribution in [2.75, 3.05) is 30.9 Å². The van der Waals surface area contributed by atoms with Crippen LogP contribution in [0.15, 0.2) is 22.4 Å². The summed E-state index contributed by atoms with van der Waals surface area (Å²) in [6.07, 6.45) is 1.39. The predicted octanol–water partition coefficient (Wildman–Crippen LogP) is 2.32. The van der Waals surface area contributed by atoms with Crippen LogP contribution in [0, 0.1) is 13.8 Å². The first-order valence-electron chi connectivity index (χ1n) is 9.18. The van der Waals surface area contributed by atoms with E-state index in [9.17, 15) is 18.0 Å². The maximum absolute atomic E-state index is 12.5. The zero-order valence-corrected chi connectivity index (χ0v) is 18.5. The van der Waals surface area contributed by atoms with Gasteiger partial charge in [0, 0.05) is 38.1 Å². The van der Waals surface area contributed by atoms with Gasteiger partial charge in [-0.05, 0) is 43.5 Å². The highest BCUT2D eigenvalue weighted by molar-refractivity contribution is 7.89. The van der Waals surface area contributed by atoms with Crippen LogP contribution in [-0.2, 0) is 26.0 Å². The van der Waals surface area contributed by atoms with Gasteiger partial charge in [-0.25, -0.2) is 17.7 Å². The molecule has 1 aliphatic rings. The molecular formula is C19H24N4O4S2. The van der Waals surface area contributed by atoms with E-state index in [0.29, 0.717) is 29.5 Å². The lowest BCUT2D eigenvalue weighted by atomic mass is 10.1. The summed E-state index contributed by atoms with van der Waals surface area (Å²) in [7, 11) is -0.679. The predicted molar refractivity (Wildman–Crippen MR) is 113 cm³/mol. The number of carbonyl (C=O) groups is 2. The Kier molecular flexibility index (Phi) is 6.06. The van der Waals surface area contributed by atoms with Gasteiger partial charge in [0.05, 0.1) is 17.0 Å². The van der Waals surface area contributed by atoms with Crippen molar-refractivity contribution in [3.8, 4) is 0 Å². The molecule has 1 fully saturated rings. The second kappa shape index (κ2) is 8.21. The second-order valence-electron chi connectivity index (χ2n) is 7.20. The molecule has 0 saturated carbocycles. The molecule has 156 valence electrons. The molecular weight excluding hydrogens is 412 g/mol. The van der Waals surface area contributed by atoms with Crippen LogP contribution in [0.2, 0.25) is 0 Å². The Morgan fingerprint density at radius 2 is 2.03 bits per heavy atom. The van der Waals surface area contributed by atoms with Crippen LogP contribution in [-0.4, -0.2) is 50.2 Å². The standard InChI is InChI=1S/C19H24N4O4S2/c1-12-8-15(29(26,27)22(3)4)10-16(13(12)2)21-17(24)9-14-11-28-19(20-14)23-7-5-6-18(23)25/h8,10-11H,5-7,9H2,1-4H3,(H,21,24). The minimum Gasteiger partial charge on any atom is -0.325 e. The van der Waals surface area contributed by atoms with Gasteiger partial charge in [-0.3, -0.25) is 14.5 Å². The van der Waals surface area contributed by atoms with Crippen LogP contribution < -0.4 is 10.2 Å². The zero-order valence-electron chi connectivity index (χ0n) is 16.9. The molecule has 0 radical (unpaired) electrons. The largest absolute Gasteiger partial charge is 0.325 e. The summed E-state index contributed by atoms with van der Waals surface area (Å²) in [4.78, 5) is 30.6. The highest BCUT2D eigenvalue weighted by atomic mass is 32.2. The molecule has 0 aliphatic carbocycles. The topological polar surface area (TPSA) is 99.7 Å². The summed E-state index contributed by atoms with van der Waals surface area (Å²) in [5.74, 6) is -0.239. The van der Waals surface area contributed by atoms with Gasteiger partial charge in [0.15, 0.2) is 5.13 Å². The number of nitrogens with one attached hydrogen (secondary N) is 1. The van der Waals surface area contributed by atoms with Gasteiger partial charge in [0.25, 0.3) is 0 Å². The lowest BCUT2D eigenvalue weighted by Gasteiger charge is -2.16. The van der Waals surface area contributed by atoms with E-state index in [-0.39, 0.29) is 23.1 Å². The number of thiazole rings is 1. The first-order valence-corrected chi connectivity index (χ1v) is 11.5. The number of carbonyl (C=O) groups excluding carboxylic acids is 2. The summed E-state index contributed by atoms with van der Waals surface area (Å²) in [6.45, 7) is 4.29. The third-order valence-corrected chi connectivity index (χ3v) is 7.58. The number of amides is 2. The Morgan fingerprint density at radius 3 is 2.66 bits per heavy atom. The number of aromatic nitrogens is 1. The van der Waals surface area contributed by atoms with E-state index in [1.165, 1.54) is 31.5 Å². The molecule has 2 amide bonds. The fourth-order valence-corrected chi connectivity index (χ4v) is 4.91. The van der Waals surface area contributed by atoms with Crippen molar-refractivity contribution in [1.29, 1.82) is 0 Å². The maximum atomic E-state index is 12.5. The van der Waals surface area contributed by atoms with E-state index in [0.717, 1.165) is 21.9 Å². The van der Waals surface area contributed by atoms with E-state index in [1.54, 1.807) is 23.3 Å². The quantitative estimate of drug-likeness (QED) is 0.749. The number of hydrogen-bond acceptors (Lipinski definition) is 6. The average molecular weight is 437 g/mol. The molecule has 1 aromatic heterocycles. The van der Waals surface area contributed by atoms with Gasteiger partial charge in [0.1, 0.15) is 0 Å². The number of sulfonamides is 1. The lowest BCUT2D eigenvalue weighted by molar-refractivity contribution is -0.117. The highest BCUT2D eigenvalue weighted by Gasteiger charge is 2.25. The third-order valence-electron chi connectivity index (χ3n) is 4.88. The van der Waals surface area contributed by atoms with Crippen LogP contribution in [0.3, 0.4) is 0 Å². The summed E-state index contributed by atoms with van der Waals surface area (Å²) >= 11 is 1.34. The molecule has 2 aromatic rings. The fourth-order valence-electron chi connectivity index (χ4n) is 3.03. The second-order valence-corrected chi connectivity index (χ2v) is 10.2. The number of nitrogens with zero attached hydrogens (tertiary/aromatic N) is 3. The molecule has 0 atom stereocenters. The van der Waals surface area contributed by atoms with Crippen LogP contribution >= 0.6 is 11.3 Å². The molecule has 1 aromatic carbocycles. The first kappa shape index (κ1) is 21.4. The zero-order chi connectivity index (χ0) is 21.3. The Bertz CT molecular complexity index is 1060. The smallest absolute Gasteiger partial charge is 0.242 e. The molecule has 29 heavy (non-hydrogen) atoms. The molecule has 0 bridgehead atoms. The molecule has 0 unspecified atom stereocenters. The number of aryl methyl sites for hydroxylation is 1. The highest BCUT2D eigenvalue weighted by Crippen LogP contribution is 2.27. The molecule has 8 nitrogen and oxygen atoms in total. The Morgan fingerprint density at radius 1 is 1.31 bits per heavy atom. The van der Waals surface area contributed by atoms with Gasteiger partial charge in [-0.2, -0.15) is 0 Å². The minimum atomic E-state index is -3.61. The van der Waals surface area contributed by atoms with E-state index in [2.05, 4.69) is 10.3 Å². The van der Waals surface area contributed by atoms with Crippen molar-refractivity contribution >= 4 is 44.0 Å². The number of hydrogen-bond donors (Lipinski definition) is 1. The Balaban J connectivity index is 1.76. The minimum absolute atomic E-state index is 0.0433. The first-order chi connectivity index (χ1) is 13.6. The van der Waals surface area contributed by atoms with Gasteiger partial charge in [0.2, 0.25) is 21.8 Å². The maximum Gasteiger partial charge on any atom is 0.242 e. The van der Waals surface area contributed by atoms with Gasteiger partial charge in [-0.15, -0.1) is 11.3 Å². The summed E-state index contributed by atoms with van der Waals surface area (Å²) < 4.78 is 26.0. The normalized spacial score (nSPS) is 14.7. The van der Waals surface area contributed by atoms with Crippen molar-refractivity contribution in [1.82, 2.24) is 9.29 Å². The lowest BCUT2D eigenvalue weighted by Crippen LogP contribution is -2.24. The van der Waals surface area contributed by atoms with Crippen LogP contribution in [0.25, 0.3) is 0 Å². The van der Waals surface area contributed by atoms with Crippen LogP contribution in [0.1, 0.15) is 29.7 Å². The van der Waals surface area contributed by atoms with Crippen LogP contribution in [0.5, 0.6) is 0 Å². The molecule has 10 heteroatoms.